The molecule has 0 radical (unpaired) electrons. The van der Waals surface area contributed by atoms with Crippen molar-refractivity contribution in [3.05, 3.63) is 59.7 Å². The van der Waals surface area contributed by atoms with Gasteiger partial charge in [-0.1, -0.05) is 24.3 Å². The molecule has 2 aromatic rings. The minimum Gasteiger partial charge on any atom is -0.370 e. The maximum absolute atomic E-state index is 4.53. The van der Waals surface area contributed by atoms with Crippen LogP contribution >= 0.6 is 0 Å². The zero-order valence-corrected chi connectivity index (χ0v) is 12.6. The Hall–Kier alpha value is -2.29. The lowest BCUT2D eigenvalue weighted by atomic mass is 10.1. The topological polar surface area (TPSA) is 27.6 Å². The summed E-state index contributed by atoms with van der Waals surface area (Å²) < 4.78 is 0. The van der Waals surface area contributed by atoms with E-state index in [1.54, 1.807) is 0 Å². The molecule has 108 valence electrons. The van der Waals surface area contributed by atoms with Crippen molar-refractivity contribution in [2.24, 2.45) is 4.99 Å². The lowest BCUT2D eigenvalue weighted by molar-refractivity contribution is 0.949. The van der Waals surface area contributed by atoms with Crippen molar-refractivity contribution in [1.82, 2.24) is 5.32 Å². The summed E-state index contributed by atoms with van der Waals surface area (Å²) in [4.78, 5) is 6.84. The van der Waals surface area contributed by atoms with E-state index >= 15 is 0 Å². The van der Waals surface area contributed by atoms with E-state index in [4.69, 9.17) is 0 Å². The van der Waals surface area contributed by atoms with Crippen LogP contribution in [0, 0.1) is 13.8 Å². The number of benzene rings is 2. The first-order valence-electron chi connectivity index (χ1n) is 7.41. The molecule has 1 heterocycles. The first-order valence-corrected chi connectivity index (χ1v) is 7.41. The van der Waals surface area contributed by atoms with Gasteiger partial charge in [-0.05, 0) is 49.2 Å². The van der Waals surface area contributed by atoms with Gasteiger partial charge in [0, 0.05) is 17.9 Å². The Balaban J connectivity index is 1.96. The second-order valence-electron chi connectivity index (χ2n) is 5.45. The molecule has 3 nitrogen and oxygen atoms in total. The van der Waals surface area contributed by atoms with Crippen LogP contribution in [0.4, 0.5) is 11.4 Å². The van der Waals surface area contributed by atoms with Crippen molar-refractivity contribution >= 4 is 17.2 Å². The summed E-state index contributed by atoms with van der Waals surface area (Å²) in [6, 6.07) is 17.1. The quantitative estimate of drug-likeness (QED) is 0.928. The smallest absolute Gasteiger partial charge is 0.117 e. The minimum atomic E-state index is 0.784. The third-order valence-corrected chi connectivity index (χ3v) is 3.92. The monoisotopic (exact) mass is 279 g/mol. The van der Waals surface area contributed by atoms with Gasteiger partial charge in [-0.25, -0.2) is 0 Å². The Morgan fingerprint density at radius 1 is 1.00 bits per heavy atom. The normalized spacial score (nSPS) is 13.7. The number of hydrogen-bond acceptors (Lipinski definition) is 3. The summed E-state index contributed by atoms with van der Waals surface area (Å²) >= 11 is 0. The van der Waals surface area contributed by atoms with Gasteiger partial charge in [0.15, 0.2) is 0 Å². The summed E-state index contributed by atoms with van der Waals surface area (Å²) in [6.07, 6.45) is 0. The lowest BCUT2D eigenvalue weighted by Gasteiger charge is -2.25. The Labute approximate surface area is 126 Å². The minimum absolute atomic E-state index is 0.784. The van der Waals surface area contributed by atoms with Crippen LogP contribution in [0.3, 0.4) is 0 Å². The molecule has 2 aromatic carbocycles. The molecule has 0 atom stereocenters. The number of para-hydroxylation sites is 1. The second-order valence-corrected chi connectivity index (χ2v) is 5.45. The van der Waals surface area contributed by atoms with Gasteiger partial charge in [-0.3, -0.25) is 4.99 Å². The van der Waals surface area contributed by atoms with Crippen molar-refractivity contribution < 1.29 is 0 Å². The second kappa shape index (κ2) is 6.00. The maximum Gasteiger partial charge on any atom is 0.117 e. The maximum atomic E-state index is 4.53. The molecule has 1 N–H and O–H groups in total. The lowest BCUT2D eigenvalue weighted by Crippen LogP contribution is -2.32. The Kier molecular flexibility index (Phi) is 3.91. The van der Waals surface area contributed by atoms with Crippen LogP contribution in [0.2, 0.25) is 0 Å². The largest absolute Gasteiger partial charge is 0.370 e. The average molecular weight is 279 g/mol. The van der Waals surface area contributed by atoms with Crippen molar-refractivity contribution in [3.63, 3.8) is 0 Å². The van der Waals surface area contributed by atoms with Gasteiger partial charge in [-0.2, -0.15) is 0 Å². The summed E-state index contributed by atoms with van der Waals surface area (Å²) in [5, 5.41) is 3.36. The van der Waals surface area contributed by atoms with E-state index in [1.807, 2.05) is 6.07 Å². The number of nitrogens with one attached hydrogen (secondary N) is 1. The molecule has 21 heavy (non-hydrogen) atoms. The van der Waals surface area contributed by atoms with Gasteiger partial charge >= 0.3 is 0 Å². The molecular weight excluding hydrogens is 258 g/mol. The highest BCUT2D eigenvalue weighted by molar-refractivity contribution is 5.90. The fraction of sp³-hybridized carbons (Fsp3) is 0.278. The van der Waals surface area contributed by atoms with E-state index in [1.165, 1.54) is 22.5 Å². The van der Waals surface area contributed by atoms with Crippen LogP contribution in [0.1, 0.15) is 11.1 Å². The van der Waals surface area contributed by atoms with Gasteiger partial charge in [0.2, 0.25) is 0 Å². The molecule has 0 saturated carbocycles. The highest BCUT2D eigenvalue weighted by Crippen LogP contribution is 2.26. The summed E-state index contributed by atoms with van der Waals surface area (Å²) in [5.41, 5.74) is 5.04. The SMILES string of the molecule is Cc1ccc(N(CC2=NCCN2)c2ccccc2)cc1C. The van der Waals surface area contributed by atoms with E-state index in [0.717, 1.165) is 25.5 Å². The van der Waals surface area contributed by atoms with Crippen molar-refractivity contribution in [1.29, 1.82) is 0 Å². The molecule has 0 aliphatic carbocycles. The van der Waals surface area contributed by atoms with Crippen LogP contribution in [0.25, 0.3) is 0 Å². The first kappa shape index (κ1) is 13.7. The van der Waals surface area contributed by atoms with E-state index in [2.05, 4.69) is 71.5 Å². The van der Waals surface area contributed by atoms with Crippen LogP contribution in [-0.2, 0) is 0 Å². The number of amidine groups is 1. The van der Waals surface area contributed by atoms with E-state index in [-0.39, 0.29) is 0 Å². The third kappa shape index (κ3) is 3.07. The number of aliphatic imine (C=N–C) groups is 1. The Bertz CT molecular complexity index is 647. The molecule has 1 aliphatic heterocycles. The molecular formula is C18H21N3. The Morgan fingerprint density at radius 3 is 2.48 bits per heavy atom. The number of rotatable bonds is 4. The van der Waals surface area contributed by atoms with Gasteiger partial charge in [0.25, 0.3) is 0 Å². The van der Waals surface area contributed by atoms with Gasteiger partial charge < -0.3 is 10.2 Å². The molecule has 0 saturated heterocycles. The molecule has 0 aromatic heterocycles. The predicted molar refractivity (Wildman–Crippen MR) is 89.7 cm³/mol. The molecule has 0 amide bonds. The summed E-state index contributed by atoms with van der Waals surface area (Å²) in [7, 11) is 0. The van der Waals surface area contributed by atoms with E-state index < -0.39 is 0 Å². The molecule has 1 aliphatic rings. The fourth-order valence-corrected chi connectivity index (χ4v) is 2.54. The molecule has 0 spiro atoms. The van der Waals surface area contributed by atoms with E-state index in [9.17, 15) is 0 Å². The number of aryl methyl sites for hydroxylation is 2. The van der Waals surface area contributed by atoms with Crippen molar-refractivity contribution in [2.75, 3.05) is 24.5 Å². The highest BCUT2D eigenvalue weighted by Gasteiger charge is 2.14. The van der Waals surface area contributed by atoms with Crippen LogP contribution in [-0.4, -0.2) is 25.5 Å². The van der Waals surface area contributed by atoms with Crippen LogP contribution in [0.15, 0.2) is 53.5 Å². The van der Waals surface area contributed by atoms with E-state index in [0.29, 0.717) is 0 Å². The van der Waals surface area contributed by atoms with Crippen LogP contribution < -0.4 is 10.2 Å². The van der Waals surface area contributed by atoms with Crippen molar-refractivity contribution in [3.8, 4) is 0 Å². The number of anilines is 2. The van der Waals surface area contributed by atoms with Gasteiger partial charge in [0.1, 0.15) is 5.84 Å². The van der Waals surface area contributed by atoms with Gasteiger partial charge in [0.05, 0.1) is 13.1 Å². The zero-order chi connectivity index (χ0) is 14.7. The molecule has 3 rings (SSSR count). The first-order chi connectivity index (χ1) is 10.2. The highest BCUT2D eigenvalue weighted by atomic mass is 15.2. The third-order valence-electron chi connectivity index (χ3n) is 3.92. The number of hydrogen-bond donors (Lipinski definition) is 1. The van der Waals surface area contributed by atoms with Crippen LogP contribution in [0.5, 0.6) is 0 Å². The molecule has 3 heteroatoms. The fourth-order valence-electron chi connectivity index (χ4n) is 2.54. The summed E-state index contributed by atoms with van der Waals surface area (Å²) in [5.74, 6) is 1.07. The Morgan fingerprint density at radius 2 is 1.81 bits per heavy atom. The van der Waals surface area contributed by atoms with Gasteiger partial charge in [-0.15, -0.1) is 0 Å². The summed E-state index contributed by atoms with van der Waals surface area (Å²) in [6.45, 7) is 6.92. The molecule has 0 unspecified atom stereocenters. The zero-order valence-electron chi connectivity index (χ0n) is 12.6. The number of nitrogens with zero attached hydrogens (tertiary/aromatic N) is 2. The molecule has 0 fully saturated rings. The predicted octanol–water partition coefficient (Wildman–Crippen LogP) is 3.44. The average Bonchev–Trinajstić information content (AvgIpc) is 3.02. The standard InChI is InChI=1S/C18H21N3/c1-14-8-9-17(12-15(14)2)21(13-18-19-10-11-20-18)16-6-4-3-5-7-16/h3-9,12H,10-11,13H2,1-2H3,(H,19,20). The molecule has 0 bridgehead atoms. The van der Waals surface area contributed by atoms with Crippen molar-refractivity contribution in [2.45, 2.75) is 13.8 Å².